The maximum atomic E-state index is 8.37. The Labute approximate surface area is 413 Å². The van der Waals surface area contributed by atoms with Gasteiger partial charge < -0.3 is 64.2 Å². The topological polar surface area (TPSA) is 294 Å². The van der Waals surface area contributed by atoms with Crippen molar-refractivity contribution in [2.45, 2.75) is 198 Å². The van der Waals surface area contributed by atoms with E-state index >= 15 is 0 Å². The SMILES string of the molecule is CC(C)CN(C)C(N)=NC(C)(C)C.CCCN(C)C(N)=NC(C)(C)C.CCN(C)C(N)=NC(C)(C)C.CN(C(=N)N)C(C)(C)C.CN(CCC#N)C(N)=NC(C)(C)C.CN=C(N)NC(C)(C)C. The average Bonchev–Trinajstić information content (AvgIpc) is 3.10. The van der Waals surface area contributed by atoms with Gasteiger partial charge >= 0.3 is 0 Å². The van der Waals surface area contributed by atoms with Crippen molar-refractivity contribution >= 4 is 35.8 Å². The predicted molar refractivity (Wildman–Crippen MR) is 297 cm³/mol. The van der Waals surface area contributed by atoms with Crippen LogP contribution in [0.1, 0.15) is 165 Å². The molecule has 0 fully saturated rings. The van der Waals surface area contributed by atoms with E-state index in [9.17, 15) is 0 Å². The summed E-state index contributed by atoms with van der Waals surface area (Å²) in [5, 5.41) is 18.4. The molecule has 67 heavy (non-hydrogen) atoms. The lowest BCUT2D eigenvalue weighted by Gasteiger charge is -2.31. The van der Waals surface area contributed by atoms with E-state index in [0.717, 1.165) is 26.1 Å². The van der Waals surface area contributed by atoms with Gasteiger partial charge in [0.15, 0.2) is 35.8 Å². The maximum Gasteiger partial charge on any atom is 0.191 e. The molecule has 0 aromatic heterocycles. The Morgan fingerprint density at radius 2 is 0.881 bits per heavy atom. The number of nitrogens with one attached hydrogen (secondary N) is 2. The molecule has 0 rings (SSSR count). The molecule has 0 spiro atoms. The van der Waals surface area contributed by atoms with Crippen LogP contribution in [-0.4, -0.2) is 162 Å². The summed E-state index contributed by atoms with van der Waals surface area (Å²) in [6.07, 6.45) is 1.56. The van der Waals surface area contributed by atoms with Crippen molar-refractivity contribution in [3.8, 4) is 6.07 Å². The van der Waals surface area contributed by atoms with E-state index in [0.29, 0.717) is 48.7 Å². The lowest BCUT2D eigenvalue weighted by molar-refractivity contribution is 0.277. The Balaban J connectivity index is -0.000000168. The van der Waals surface area contributed by atoms with Crippen LogP contribution >= 0.6 is 0 Å². The lowest BCUT2D eigenvalue weighted by Crippen LogP contribution is -2.45. The smallest absolute Gasteiger partial charge is 0.191 e. The monoisotopic (exact) mass is 954 g/mol. The molecule has 19 nitrogen and oxygen atoms in total. The highest BCUT2D eigenvalue weighted by Gasteiger charge is 2.17. The van der Waals surface area contributed by atoms with Crippen molar-refractivity contribution < 1.29 is 0 Å². The predicted octanol–water partition coefficient (Wildman–Crippen LogP) is 6.05. The zero-order valence-electron chi connectivity index (χ0n) is 48.7. The number of nitriles is 1. The fraction of sp³-hybridized carbons (Fsp3) is 0.854. The number of nitrogens with two attached hydrogens (primary N) is 6. The van der Waals surface area contributed by atoms with Gasteiger partial charge in [0.25, 0.3) is 0 Å². The van der Waals surface area contributed by atoms with Gasteiger partial charge in [-0.25, -0.2) is 20.0 Å². The van der Waals surface area contributed by atoms with Gasteiger partial charge in [-0.1, -0.05) is 20.8 Å². The van der Waals surface area contributed by atoms with Crippen LogP contribution in [-0.2, 0) is 0 Å². The summed E-state index contributed by atoms with van der Waals surface area (Å²) >= 11 is 0. The fourth-order valence-corrected chi connectivity index (χ4v) is 4.10. The Bertz CT molecular complexity index is 1500. The first-order valence-electron chi connectivity index (χ1n) is 23.3. The second-order valence-electron chi connectivity index (χ2n) is 22.7. The van der Waals surface area contributed by atoms with Crippen molar-refractivity contribution in [2.24, 2.45) is 65.3 Å². The van der Waals surface area contributed by atoms with Crippen LogP contribution in [0.15, 0.2) is 25.0 Å². The van der Waals surface area contributed by atoms with Crippen molar-refractivity contribution in [3.05, 3.63) is 0 Å². The second kappa shape index (κ2) is 34.4. The largest absolute Gasteiger partial charge is 0.370 e. The van der Waals surface area contributed by atoms with E-state index in [1.54, 1.807) is 16.8 Å². The van der Waals surface area contributed by atoms with Gasteiger partial charge in [-0.3, -0.25) is 10.4 Å². The summed E-state index contributed by atoms with van der Waals surface area (Å²) in [7, 11) is 11.2. The first kappa shape index (κ1) is 73.7. The highest BCUT2D eigenvalue weighted by Crippen LogP contribution is 2.10. The van der Waals surface area contributed by atoms with E-state index in [1.807, 2.05) is 181 Å². The fourth-order valence-electron chi connectivity index (χ4n) is 4.10. The molecule has 0 bridgehead atoms. The Morgan fingerprint density at radius 1 is 0.567 bits per heavy atom. The van der Waals surface area contributed by atoms with Crippen LogP contribution in [0.2, 0.25) is 0 Å². The minimum absolute atomic E-state index is 0.0175. The first-order valence-corrected chi connectivity index (χ1v) is 23.3. The van der Waals surface area contributed by atoms with E-state index in [-0.39, 0.29) is 39.2 Å². The van der Waals surface area contributed by atoms with E-state index in [1.165, 1.54) is 0 Å². The molecule has 19 heteroatoms. The van der Waals surface area contributed by atoms with Gasteiger partial charge in [0, 0.05) is 79.5 Å². The third-order valence-electron chi connectivity index (χ3n) is 7.71. The number of guanidine groups is 6. The Morgan fingerprint density at radius 3 is 1.07 bits per heavy atom. The molecule has 0 heterocycles. The van der Waals surface area contributed by atoms with Crippen molar-refractivity contribution in [1.29, 1.82) is 10.7 Å². The summed E-state index contributed by atoms with van der Waals surface area (Å²) in [6.45, 7) is 48.4. The molecule has 0 aliphatic carbocycles. The molecule has 0 aromatic rings. The van der Waals surface area contributed by atoms with Gasteiger partial charge in [0.2, 0.25) is 0 Å². The highest BCUT2D eigenvalue weighted by atomic mass is 15.3. The van der Waals surface area contributed by atoms with Crippen molar-refractivity contribution in [2.75, 3.05) is 68.5 Å². The zero-order valence-corrected chi connectivity index (χ0v) is 48.7. The molecule has 0 amide bonds. The molecule has 14 N–H and O–H groups in total. The van der Waals surface area contributed by atoms with Crippen LogP contribution in [0.25, 0.3) is 0 Å². The molecule has 0 aromatic carbocycles. The number of aliphatic imine (C=N–C) groups is 5. The quantitative estimate of drug-likeness (QED) is 0.107. The standard InChI is InChI=1S/C10H23N3.C9H18N4.C9H21N3.C8H19N3.2C6H15N3/c1-8(2)7-13(6)9(11)12-10(3,4)5;1-9(2,3)12-8(11)13(4)7-5-6-10;1-6-7-12(5)8(10)11-9(2,3)4;1-6-11(5)7(9)10-8(2,3)4;1-6(2,3)9(4)5(7)8;1-6(2,3)9-5(7)8-4/h8H,7H2,1-6H3,(H2,11,12);5,7H2,1-4H3,(H2,11,12);6-7H2,1-5H3,(H2,10,11);6H2,1-5H3,(H2,9,10);1-4H3,(H3,7,8);1-4H3,(H3,7,8,9). The molecule has 0 unspecified atom stereocenters. The van der Waals surface area contributed by atoms with Crippen molar-refractivity contribution in [3.63, 3.8) is 0 Å². The van der Waals surface area contributed by atoms with Gasteiger partial charge in [-0.15, -0.1) is 0 Å². The van der Waals surface area contributed by atoms with Gasteiger partial charge in [0.1, 0.15) is 0 Å². The molecule has 0 radical (unpaired) electrons. The molecule has 0 saturated carbocycles. The summed E-state index contributed by atoms with van der Waals surface area (Å²) in [5.41, 5.74) is 33.2. The Kier molecular flexibility index (Phi) is 37.8. The Hall–Kier alpha value is -4.89. The maximum absolute atomic E-state index is 8.37. The second-order valence-corrected chi connectivity index (χ2v) is 22.7. The molecular formula is C48H111N19. The molecule has 0 saturated heterocycles. The van der Waals surface area contributed by atoms with E-state index in [2.05, 4.69) is 57.1 Å². The van der Waals surface area contributed by atoms with Crippen LogP contribution in [0.4, 0.5) is 0 Å². The number of nitrogens with zero attached hydrogens (tertiary/aromatic N) is 11. The van der Waals surface area contributed by atoms with Gasteiger partial charge in [-0.05, 0) is 144 Å². The zero-order chi connectivity index (χ0) is 55.1. The summed E-state index contributed by atoms with van der Waals surface area (Å²) < 4.78 is 0. The number of rotatable bonds is 7. The molecular weight excluding hydrogens is 843 g/mol. The van der Waals surface area contributed by atoms with Crippen molar-refractivity contribution in [1.82, 2.24) is 29.8 Å². The third-order valence-corrected chi connectivity index (χ3v) is 7.71. The van der Waals surface area contributed by atoms with Gasteiger partial charge in [-0.2, -0.15) is 5.26 Å². The summed E-state index contributed by atoms with van der Waals surface area (Å²) in [5.74, 6) is 3.57. The minimum atomic E-state index is -0.162. The lowest BCUT2D eigenvalue weighted by atomic mass is 10.1. The summed E-state index contributed by atoms with van der Waals surface area (Å²) in [4.78, 5) is 30.5. The normalized spacial score (nSPS) is 12.9. The minimum Gasteiger partial charge on any atom is -0.370 e. The van der Waals surface area contributed by atoms with E-state index in [4.69, 9.17) is 45.1 Å². The van der Waals surface area contributed by atoms with Crippen LogP contribution in [0.3, 0.4) is 0 Å². The highest BCUT2D eigenvalue weighted by molar-refractivity contribution is 5.80. The third kappa shape index (κ3) is 57.2. The molecule has 0 aliphatic heterocycles. The first-order chi connectivity index (χ1) is 29.6. The van der Waals surface area contributed by atoms with Crippen LogP contribution in [0.5, 0.6) is 0 Å². The van der Waals surface area contributed by atoms with Crippen LogP contribution < -0.4 is 39.7 Å². The average molecular weight is 955 g/mol. The summed E-state index contributed by atoms with van der Waals surface area (Å²) in [6, 6.07) is 2.06. The van der Waals surface area contributed by atoms with Crippen LogP contribution in [0, 0.1) is 22.7 Å². The molecule has 0 aliphatic rings. The number of hydrogen-bond donors (Lipinski definition) is 8. The van der Waals surface area contributed by atoms with E-state index < -0.39 is 0 Å². The number of hydrogen-bond acceptors (Lipinski definition) is 7. The van der Waals surface area contributed by atoms with Gasteiger partial charge in [0.05, 0.1) is 34.6 Å². The molecule has 0 atom stereocenters. The molecule has 398 valence electrons.